The molecule has 0 heterocycles. The molecule has 58 valence electrons. The van der Waals surface area contributed by atoms with Crippen molar-refractivity contribution in [3.63, 3.8) is 0 Å². The van der Waals surface area contributed by atoms with Crippen LogP contribution in [-0.4, -0.2) is 17.9 Å². The molecule has 10 heavy (non-hydrogen) atoms. The molecule has 1 unspecified atom stereocenters. The third-order valence-electron chi connectivity index (χ3n) is 1.14. The fourth-order valence-electron chi connectivity index (χ4n) is 0.658. The molecule has 0 aliphatic rings. The molecule has 0 bridgehead atoms. The molecule has 0 saturated heterocycles. The zero-order chi connectivity index (χ0) is 8.31. The Morgan fingerprint density at radius 2 is 1.50 bits per heavy atom. The predicted molar refractivity (Wildman–Crippen MR) is 35.5 cm³/mol. The van der Waals surface area contributed by atoms with E-state index >= 15 is 0 Å². The molecule has 5 heteroatoms. The lowest BCUT2D eigenvalue weighted by Crippen LogP contribution is -2.45. The van der Waals surface area contributed by atoms with Crippen LogP contribution in [0.2, 0.25) is 0 Å². The van der Waals surface area contributed by atoms with Crippen molar-refractivity contribution in [2.24, 2.45) is 23.1 Å². The van der Waals surface area contributed by atoms with Crippen LogP contribution in [0, 0.1) is 5.92 Å². The summed E-state index contributed by atoms with van der Waals surface area (Å²) in [5, 5.41) is 0. The first kappa shape index (κ1) is 8.90. The summed E-state index contributed by atoms with van der Waals surface area (Å²) in [5.74, 6) is -2.61. The molecule has 6 N–H and O–H groups in total. The molecule has 2 amide bonds. The lowest BCUT2D eigenvalue weighted by molar-refractivity contribution is -0.132. The summed E-state index contributed by atoms with van der Waals surface area (Å²) in [6.07, 6.45) is 0. The lowest BCUT2D eigenvalue weighted by atomic mass is 10.0. The van der Waals surface area contributed by atoms with E-state index in [2.05, 4.69) is 0 Å². The molecular formula is C5H11N3O2. The van der Waals surface area contributed by atoms with E-state index in [1.807, 2.05) is 0 Å². The van der Waals surface area contributed by atoms with Gasteiger partial charge in [0.25, 0.3) is 0 Å². The van der Waals surface area contributed by atoms with Gasteiger partial charge in [-0.05, 0) is 6.92 Å². The van der Waals surface area contributed by atoms with Crippen molar-refractivity contribution in [3.05, 3.63) is 0 Å². The molecule has 0 aliphatic carbocycles. The van der Waals surface area contributed by atoms with Gasteiger partial charge < -0.3 is 17.2 Å². The van der Waals surface area contributed by atoms with Gasteiger partial charge in [-0.2, -0.15) is 0 Å². The standard InChI is InChI=1S/C5H11N3O2/c1-2(6)3(4(7)9)5(8)10/h2-3H,6H2,1H3,(H2,7,9)(H2,8,10). The molecule has 0 spiro atoms. The molecule has 0 aliphatic heterocycles. The quantitative estimate of drug-likeness (QED) is 0.396. The van der Waals surface area contributed by atoms with E-state index in [0.717, 1.165) is 0 Å². The number of carbonyl (C=O) groups is 2. The minimum Gasteiger partial charge on any atom is -0.369 e. The summed E-state index contributed by atoms with van der Waals surface area (Å²) in [5.41, 5.74) is 14.9. The zero-order valence-electron chi connectivity index (χ0n) is 5.70. The molecule has 0 rings (SSSR count). The molecule has 0 fully saturated rings. The van der Waals surface area contributed by atoms with Crippen molar-refractivity contribution < 1.29 is 9.59 Å². The highest BCUT2D eigenvalue weighted by atomic mass is 16.2. The van der Waals surface area contributed by atoms with Crippen LogP contribution in [0.1, 0.15) is 6.92 Å². The van der Waals surface area contributed by atoms with Gasteiger partial charge in [-0.15, -0.1) is 0 Å². The number of hydrogen-bond donors (Lipinski definition) is 3. The number of nitrogens with two attached hydrogens (primary N) is 3. The Morgan fingerprint density at radius 3 is 1.50 bits per heavy atom. The summed E-state index contributed by atoms with van der Waals surface area (Å²) in [6.45, 7) is 1.50. The maximum Gasteiger partial charge on any atom is 0.231 e. The fourth-order valence-corrected chi connectivity index (χ4v) is 0.658. The zero-order valence-corrected chi connectivity index (χ0v) is 5.70. The van der Waals surface area contributed by atoms with E-state index in [9.17, 15) is 9.59 Å². The van der Waals surface area contributed by atoms with E-state index in [-0.39, 0.29) is 0 Å². The molecule has 0 saturated carbocycles. The van der Waals surface area contributed by atoms with Gasteiger partial charge in [0, 0.05) is 6.04 Å². The van der Waals surface area contributed by atoms with Gasteiger partial charge in [-0.3, -0.25) is 9.59 Å². The van der Waals surface area contributed by atoms with Crippen molar-refractivity contribution in [2.45, 2.75) is 13.0 Å². The maximum atomic E-state index is 10.4. The molecular weight excluding hydrogens is 134 g/mol. The largest absolute Gasteiger partial charge is 0.369 e. The number of carbonyl (C=O) groups excluding carboxylic acids is 2. The highest BCUT2D eigenvalue weighted by Gasteiger charge is 2.25. The minimum absolute atomic E-state index is 0.616. The Morgan fingerprint density at radius 1 is 1.20 bits per heavy atom. The number of rotatable bonds is 3. The van der Waals surface area contributed by atoms with E-state index in [1.54, 1.807) is 0 Å². The van der Waals surface area contributed by atoms with Crippen LogP contribution in [0.4, 0.5) is 0 Å². The second kappa shape index (κ2) is 3.17. The van der Waals surface area contributed by atoms with E-state index in [4.69, 9.17) is 17.2 Å². The minimum atomic E-state index is -1.06. The smallest absolute Gasteiger partial charge is 0.231 e. The number of amides is 2. The van der Waals surface area contributed by atoms with Gasteiger partial charge in [-0.1, -0.05) is 0 Å². The molecule has 1 atom stereocenters. The third kappa shape index (κ3) is 2.02. The highest BCUT2D eigenvalue weighted by molar-refractivity contribution is 5.99. The van der Waals surface area contributed by atoms with Gasteiger partial charge in [0.05, 0.1) is 0 Å². The second-order valence-electron chi connectivity index (χ2n) is 2.14. The Bertz CT molecular complexity index is 141. The Labute approximate surface area is 58.5 Å². The topological polar surface area (TPSA) is 112 Å². The lowest BCUT2D eigenvalue weighted by Gasteiger charge is -2.11. The summed E-state index contributed by atoms with van der Waals surface area (Å²) >= 11 is 0. The second-order valence-corrected chi connectivity index (χ2v) is 2.14. The van der Waals surface area contributed by atoms with Crippen LogP contribution < -0.4 is 17.2 Å². The van der Waals surface area contributed by atoms with Crippen molar-refractivity contribution in [3.8, 4) is 0 Å². The van der Waals surface area contributed by atoms with Crippen LogP contribution in [0.5, 0.6) is 0 Å². The van der Waals surface area contributed by atoms with E-state index in [1.165, 1.54) is 6.92 Å². The highest BCUT2D eigenvalue weighted by Crippen LogP contribution is 1.97. The van der Waals surface area contributed by atoms with Gasteiger partial charge in [-0.25, -0.2) is 0 Å². The average Bonchev–Trinajstić information content (AvgIpc) is 1.59. The normalized spacial score (nSPS) is 13.1. The molecule has 0 aromatic heterocycles. The number of hydrogen-bond acceptors (Lipinski definition) is 3. The van der Waals surface area contributed by atoms with Crippen LogP contribution in [0.3, 0.4) is 0 Å². The molecule has 0 aromatic carbocycles. The van der Waals surface area contributed by atoms with Gasteiger partial charge in [0.1, 0.15) is 5.92 Å². The van der Waals surface area contributed by atoms with Crippen molar-refractivity contribution in [1.29, 1.82) is 0 Å². The van der Waals surface area contributed by atoms with Crippen LogP contribution >= 0.6 is 0 Å². The first-order valence-electron chi connectivity index (χ1n) is 2.81. The van der Waals surface area contributed by atoms with Gasteiger partial charge >= 0.3 is 0 Å². The van der Waals surface area contributed by atoms with Gasteiger partial charge in [0.2, 0.25) is 11.8 Å². The fraction of sp³-hybridized carbons (Fsp3) is 0.600. The Balaban J connectivity index is 4.27. The van der Waals surface area contributed by atoms with Crippen LogP contribution in [0.15, 0.2) is 0 Å². The molecule has 5 nitrogen and oxygen atoms in total. The first-order chi connectivity index (χ1) is 4.46. The molecule has 0 aromatic rings. The van der Waals surface area contributed by atoms with E-state index in [0.29, 0.717) is 0 Å². The predicted octanol–water partition coefficient (Wildman–Crippen LogP) is -2.08. The Hall–Kier alpha value is -1.10. The third-order valence-corrected chi connectivity index (χ3v) is 1.14. The average molecular weight is 145 g/mol. The molecule has 0 radical (unpaired) electrons. The summed E-state index contributed by atoms with van der Waals surface area (Å²) < 4.78 is 0. The van der Waals surface area contributed by atoms with Gasteiger partial charge in [0.15, 0.2) is 0 Å². The summed E-state index contributed by atoms with van der Waals surface area (Å²) in [6, 6.07) is -0.616. The van der Waals surface area contributed by atoms with E-state index < -0.39 is 23.8 Å². The monoisotopic (exact) mass is 145 g/mol. The van der Waals surface area contributed by atoms with Crippen molar-refractivity contribution in [2.75, 3.05) is 0 Å². The van der Waals surface area contributed by atoms with Crippen LogP contribution in [-0.2, 0) is 9.59 Å². The summed E-state index contributed by atoms with van der Waals surface area (Å²) in [4.78, 5) is 20.8. The summed E-state index contributed by atoms with van der Waals surface area (Å²) in [7, 11) is 0. The number of primary amides is 2. The van der Waals surface area contributed by atoms with Crippen molar-refractivity contribution >= 4 is 11.8 Å². The Kier molecular flexibility index (Phi) is 2.82. The maximum absolute atomic E-state index is 10.4. The van der Waals surface area contributed by atoms with Crippen LogP contribution in [0.25, 0.3) is 0 Å². The van der Waals surface area contributed by atoms with Crippen molar-refractivity contribution in [1.82, 2.24) is 0 Å². The first-order valence-corrected chi connectivity index (χ1v) is 2.81. The SMILES string of the molecule is CC(N)C(C(N)=O)C(N)=O.